The molecule has 14 nitrogen and oxygen atoms in total. The first-order chi connectivity index (χ1) is 15.7. The number of aliphatic hydroxyl groups is 1. The number of aliphatic hydroxyl groups excluding tert-OH is 1. The first-order valence-corrected chi connectivity index (χ1v) is 10.8. The molecule has 14 heteroatoms. The molecule has 6 unspecified atom stereocenters. The molecular weight excluding hydrogens is 452 g/mol. The summed E-state index contributed by atoms with van der Waals surface area (Å²) < 4.78 is 0. The van der Waals surface area contributed by atoms with Crippen molar-refractivity contribution in [2.75, 3.05) is 0 Å². The fourth-order valence-corrected chi connectivity index (χ4v) is 2.80. The smallest absolute Gasteiger partial charge is 0.326 e. The molecule has 0 bridgehead atoms. The minimum Gasteiger partial charge on any atom is -0.480 e. The molecule has 0 aromatic carbocycles. The minimum atomic E-state index is -1.61. The van der Waals surface area contributed by atoms with Crippen molar-refractivity contribution < 1.29 is 39.0 Å². The number of nitrogens with two attached hydrogens (primary N) is 3. The van der Waals surface area contributed by atoms with Crippen LogP contribution in [0.15, 0.2) is 0 Å². The lowest BCUT2D eigenvalue weighted by molar-refractivity contribution is -0.143. The van der Waals surface area contributed by atoms with Crippen molar-refractivity contribution in [2.45, 2.75) is 83.1 Å². The van der Waals surface area contributed by atoms with Crippen LogP contribution < -0.4 is 33.2 Å². The number of aliphatic carboxylic acids is 1. The molecule has 5 amide bonds. The Morgan fingerprint density at radius 2 is 1.26 bits per heavy atom. The molecule has 0 aromatic rings. The van der Waals surface area contributed by atoms with Gasteiger partial charge in [0.15, 0.2) is 0 Å². The highest BCUT2D eigenvalue weighted by Crippen LogP contribution is 2.08. The predicted octanol–water partition coefficient (Wildman–Crippen LogP) is -3.19. The van der Waals surface area contributed by atoms with Crippen LogP contribution in [0.1, 0.15) is 52.9 Å². The van der Waals surface area contributed by atoms with E-state index in [4.69, 9.17) is 17.2 Å². The van der Waals surface area contributed by atoms with Crippen molar-refractivity contribution in [1.29, 1.82) is 0 Å². The Morgan fingerprint density at radius 3 is 1.68 bits per heavy atom. The van der Waals surface area contributed by atoms with E-state index in [0.29, 0.717) is 6.42 Å². The zero-order valence-corrected chi connectivity index (χ0v) is 19.6. The first-order valence-electron chi connectivity index (χ1n) is 10.8. The molecular formula is C20H36N6O8. The Balaban J connectivity index is 5.52. The van der Waals surface area contributed by atoms with Crippen LogP contribution in [0.5, 0.6) is 0 Å². The van der Waals surface area contributed by atoms with Gasteiger partial charge >= 0.3 is 5.97 Å². The average Bonchev–Trinajstić information content (AvgIpc) is 2.75. The monoisotopic (exact) mass is 488 g/mol. The quantitative estimate of drug-likeness (QED) is 0.109. The van der Waals surface area contributed by atoms with Gasteiger partial charge in [0.25, 0.3) is 0 Å². The van der Waals surface area contributed by atoms with E-state index in [2.05, 4.69) is 16.0 Å². The molecule has 0 rings (SSSR count). The van der Waals surface area contributed by atoms with Crippen LogP contribution in [-0.4, -0.2) is 76.0 Å². The number of carbonyl (C=O) groups excluding carboxylic acids is 5. The van der Waals surface area contributed by atoms with Crippen LogP contribution in [-0.2, 0) is 28.8 Å². The van der Waals surface area contributed by atoms with E-state index < -0.39 is 65.8 Å². The van der Waals surface area contributed by atoms with Crippen LogP contribution in [0, 0.1) is 5.92 Å². The van der Waals surface area contributed by atoms with Gasteiger partial charge in [0.2, 0.25) is 29.5 Å². The lowest BCUT2D eigenvalue weighted by Gasteiger charge is -2.27. The van der Waals surface area contributed by atoms with Gasteiger partial charge in [-0.1, -0.05) is 20.3 Å². The third-order valence-electron chi connectivity index (χ3n) is 5.23. The van der Waals surface area contributed by atoms with Gasteiger partial charge in [-0.05, 0) is 25.7 Å². The second-order valence-electron chi connectivity index (χ2n) is 8.11. The lowest BCUT2D eigenvalue weighted by atomic mass is 9.98. The molecule has 6 atom stereocenters. The Bertz CT molecular complexity index is 759. The number of rotatable bonds is 16. The van der Waals surface area contributed by atoms with Gasteiger partial charge in [0, 0.05) is 12.8 Å². The third-order valence-corrected chi connectivity index (χ3v) is 5.23. The molecule has 0 aliphatic heterocycles. The van der Waals surface area contributed by atoms with E-state index in [1.165, 1.54) is 6.92 Å². The topological polar surface area (TPSA) is 257 Å². The summed E-state index contributed by atoms with van der Waals surface area (Å²) in [6, 6.07) is -5.36. The van der Waals surface area contributed by atoms with E-state index in [1.54, 1.807) is 6.92 Å². The summed E-state index contributed by atoms with van der Waals surface area (Å²) in [5.74, 6) is -5.78. The van der Waals surface area contributed by atoms with E-state index in [1.807, 2.05) is 6.92 Å². The number of hydrogen-bond donors (Lipinski definition) is 8. The summed E-state index contributed by atoms with van der Waals surface area (Å²) >= 11 is 0. The number of carboxylic acid groups (broad SMARTS) is 1. The Hall–Kier alpha value is -3.26. The van der Waals surface area contributed by atoms with Crippen molar-refractivity contribution >= 4 is 35.5 Å². The highest BCUT2D eigenvalue weighted by Gasteiger charge is 2.33. The van der Waals surface area contributed by atoms with Gasteiger partial charge in [-0.3, -0.25) is 24.0 Å². The molecule has 0 radical (unpaired) electrons. The van der Waals surface area contributed by atoms with Gasteiger partial charge in [-0.25, -0.2) is 4.79 Å². The van der Waals surface area contributed by atoms with Crippen molar-refractivity contribution in [3.05, 3.63) is 0 Å². The molecule has 11 N–H and O–H groups in total. The third kappa shape index (κ3) is 11.0. The molecule has 34 heavy (non-hydrogen) atoms. The van der Waals surface area contributed by atoms with Crippen molar-refractivity contribution in [1.82, 2.24) is 16.0 Å². The zero-order valence-electron chi connectivity index (χ0n) is 19.6. The molecule has 0 saturated heterocycles. The van der Waals surface area contributed by atoms with Crippen LogP contribution in [0.4, 0.5) is 0 Å². The van der Waals surface area contributed by atoms with Crippen molar-refractivity contribution in [2.24, 2.45) is 23.1 Å². The Morgan fingerprint density at radius 1 is 0.794 bits per heavy atom. The normalized spacial score (nSPS) is 16.1. The average molecular weight is 489 g/mol. The molecule has 194 valence electrons. The highest BCUT2D eigenvalue weighted by atomic mass is 16.4. The summed E-state index contributed by atoms with van der Waals surface area (Å²) in [6.45, 7) is 4.75. The summed E-state index contributed by atoms with van der Waals surface area (Å²) in [4.78, 5) is 71.3. The van der Waals surface area contributed by atoms with Gasteiger partial charge in [-0.2, -0.15) is 0 Å². The fraction of sp³-hybridized carbons (Fsp3) is 0.700. The number of carbonyl (C=O) groups is 6. The second kappa shape index (κ2) is 14.8. The number of carboxylic acids is 1. The molecule has 0 aliphatic rings. The fourth-order valence-electron chi connectivity index (χ4n) is 2.80. The van der Waals surface area contributed by atoms with Gasteiger partial charge in [0.05, 0.1) is 12.1 Å². The van der Waals surface area contributed by atoms with Crippen molar-refractivity contribution in [3.8, 4) is 0 Å². The van der Waals surface area contributed by atoms with E-state index in [0.717, 1.165) is 0 Å². The van der Waals surface area contributed by atoms with E-state index >= 15 is 0 Å². The largest absolute Gasteiger partial charge is 0.480 e. The zero-order chi connectivity index (χ0) is 26.6. The Kier molecular flexibility index (Phi) is 13.4. The van der Waals surface area contributed by atoms with Crippen LogP contribution in [0.25, 0.3) is 0 Å². The summed E-state index contributed by atoms with van der Waals surface area (Å²) in [5.41, 5.74) is 16.0. The van der Waals surface area contributed by atoms with Gasteiger partial charge in [-0.15, -0.1) is 0 Å². The van der Waals surface area contributed by atoms with E-state index in [9.17, 15) is 39.0 Å². The van der Waals surface area contributed by atoms with Gasteiger partial charge in [0.1, 0.15) is 18.1 Å². The maximum Gasteiger partial charge on any atom is 0.326 e. The number of hydrogen-bond acceptors (Lipinski definition) is 8. The Labute approximate surface area is 197 Å². The molecule has 0 spiro atoms. The summed E-state index contributed by atoms with van der Waals surface area (Å²) in [7, 11) is 0. The number of amides is 5. The summed E-state index contributed by atoms with van der Waals surface area (Å²) in [6.07, 6.45) is -1.97. The standard InChI is InChI=1S/C20H36N6O8/c1-4-9(2)15(23)18(31)24-11(5-7-13(21)28)17(30)26-16(10(3)27)19(32)25-12(20(33)34)6-8-14(22)29/h9-12,15-16,27H,4-8,23H2,1-3H3,(H2,21,28)(H2,22,29)(H,24,31)(H,25,32)(H,26,30)(H,33,34). The molecule has 0 fully saturated rings. The van der Waals surface area contributed by atoms with Crippen LogP contribution >= 0.6 is 0 Å². The second-order valence-corrected chi connectivity index (χ2v) is 8.11. The molecule has 0 saturated carbocycles. The maximum absolute atomic E-state index is 12.8. The predicted molar refractivity (Wildman–Crippen MR) is 119 cm³/mol. The van der Waals surface area contributed by atoms with Crippen LogP contribution in [0.2, 0.25) is 0 Å². The van der Waals surface area contributed by atoms with E-state index in [-0.39, 0.29) is 31.6 Å². The minimum absolute atomic E-state index is 0.204. The molecule has 0 heterocycles. The lowest BCUT2D eigenvalue weighted by Crippen LogP contribution is -2.60. The SMILES string of the molecule is CCC(C)C(N)C(=O)NC(CCC(N)=O)C(=O)NC(C(=O)NC(CCC(N)=O)C(=O)O)C(C)O. The van der Waals surface area contributed by atoms with Crippen molar-refractivity contribution in [3.63, 3.8) is 0 Å². The number of nitrogens with one attached hydrogen (secondary N) is 3. The van der Waals surface area contributed by atoms with Crippen LogP contribution in [0.3, 0.4) is 0 Å². The highest BCUT2D eigenvalue weighted by molar-refractivity contribution is 5.94. The summed E-state index contributed by atoms with van der Waals surface area (Å²) in [5, 5.41) is 26.0. The molecule has 0 aliphatic carbocycles. The maximum atomic E-state index is 12.8. The van der Waals surface area contributed by atoms with Gasteiger partial charge < -0.3 is 43.4 Å². The first kappa shape index (κ1) is 30.7. The molecule has 0 aromatic heterocycles. The number of primary amides is 2.